The number of piperazine rings is 1. The third-order valence-electron chi connectivity index (χ3n) is 4.68. The van der Waals surface area contributed by atoms with E-state index in [9.17, 15) is 0 Å². The van der Waals surface area contributed by atoms with Crippen molar-refractivity contribution in [1.29, 1.82) is 0 Å². The lowest BCUT2D eigenvalue weighted by atomic mass is 9.88. The van der Waals surface area contributed by atoms with Crippen molar-refractivity contribution in [2.24, 2.45) is 5.92 Å². The zero-order chi connectivity index (χ0) is 11.8. The van der Waals surface area contributed by atoms with Crippen LogP contribution in [0, 0.1) is 5.92 Å². The molecule has 0 radical (unpaired) electrons. The Balaban J connectivity index is 1.84. The molecule has 3 heteroatoms. The summed E-state index contributed by atoms with van der Waals surface area (Å²) in [7, 11) is 0. The van der Waals surface area contributed by atoms with E-state index in [1.54, 1.807) is 0 Å². The first-order chi connectivity index (χ1) is 7.51. The van der Waals surface area contributed by atoms with Crippen molar-refractivity contribution in [3.8, 4) is 0 Å². The highest BCUT2D eigenvalue weighted by Gasteiger charge is 2.35. The third kappa shape index (κ3) is 2.27. The smallest absolute Gasteiger partial charge is 0.0645 e. The minimum Gasteiger partial charge on any atom is -0.378 e. The van der Waals surface area contributed by atoms with Crippen molar-refractivity contribution in [2.45, 2.75) is 39.3 Å². The first-order valence-electron chi connectivity index (χ1n) is 6.58. The van der Waals surface area contributed by atoms with Gasteiger partial charge in [-0.1, -0.05) is 13.8 Å². The standard InChI is InChI=1S/C13H26N2O/c1-11(2)13(3,4)15-7-5-14(6-8-15)12-9-16-10-12/h11-12H,5-10H2,1-4H3. The van der Waals surface area contributed by atoms with Crippen LogP contribution in [0.5, 0.6) is 0 Å². The molecule has 3 nitrogen and oxygen atoms in total. The zero-order valence-corrected chi connectivity index (χ0v) is 11.2. The number of ether oxygens (including phenoxy) is 1. The highest BCUT2D eigenvalue weighted by Crippen LogP contribution is 2.26. The molecule has 0 aromatic heterocycles. The van der Waals surface area contributed by atoms with E-state index < -0.39 is 0 Å². The van der Waals surface area contributed by atoms with Gasteiger partial charge in [0.2, 0.25) is 0 Å². The monoisotopic (exact) mass is 226 g/mol. The third-order valence-corrected chi connectivity index (χ3v) is 4.68. The molecule has 2 fully saturated rings. The normalized spacial score (nSPS) is 26.1. The van der Waals surface area contributed by atoms with E-state index in [4.69, 9.17) is 4.74 Å². The van der Waals surface area contributed by atoms with E-state index in [0.29, 0.717) is 17.5 Å². The molecule has 2 aliphatic heterocycles. The Labute approximate surface area is 99.7 Å². The van der Waals surface area contributed by atoms with Crippen LogP contribution in [0.1, 0.15) is 27.7 Å². The Morgan fingerprint density at radius 1 is 1.06 bits per heavy atom. The lowest BCUT2D eigenvalue weighted by Crippen LogP contribution is -2.61. The fourth-order valence-electron chi connectivity index (χ4n) is 2.46. The average molecular weight is 226 g/mol. The number of hydrogen-bond acceptors (Lipinski definition) is 3. The molecule has 0 atom stereocenters. The lowest BCUT2D eigenvalue weighted by Gasteiger charge is -2.49. The quantitative estimate of drug-likeness (QED) is 0.724. The van der Waals surface area contributed by atoms with Gasteiger partial charge in [-0.3, -0.25) is 9.80 Å². The number of rotatable bonds is 3. The number of nitrogens with zero attached hydrogens (tertiary/aromatic N) is 2. The Bertz CT molecular complexity index is 228. The molecule has 0 aromatic carbocycles. The van der Waals surface area contributed by atoms with Gasteiger partial charge in [-0.05, 0) is 19.8 Å². The fourth-order valence-corrected chi connectivity index (χ4v) is 2.46. The van der Waals surface area contributed by atoms with Crippen molar-refractivity contribution in [1.82, 2.24) is 9.80 Å². The molecule has 0 amide bonds. The molecule has 0 aliphatic carbocycles. The van der Waals surface area contributed by atoms with Crippen LogP contribution < -0.4 is 0 Å². The van der Waals surface area contributed by atoms with Gasteiger partial charge in [-0.25, -0.2) is 0 Å². The van der Waals surface area contributed by atoms with Crippen molar-refractivity contribution in [3.63, 3.8) is 0 Å². The Morgan fingerprint density at radius 2 is 1.62 bits per heavy atom. The van der Waals surface area contributed by atoms with Crippen LogP contribution in [0.15, 0.2) is 0 Å². The van der Waals surface area contributed by atoms with Gasteiger partial charge in [0.25, 0.3) is 0 Å². The van der Waals surface area contributed by atoms with Crippen molar-refractivity contribution >= 4 is 0 Å². The molecule has 0 aromatic rings. The summed E-state index contributed by atoms with van der Waals surface area (Å²) in [5.74, 6) is 0.714. The fraction of sp³-hybridized carbons (Fsp3) is 1.00. The Kier molecular flexibility index (Phi) is 3.57. The van der Waals surface area contributed by atoms with Crippen LogP contribution in [0.4, 0.5) is 0 Å². The van der Waals surface area contributed by atoms with Crippen molar-refractivity contribution in [3.05, 3.63) is 0 Å². The summed E-state index contributed by atoms with van der Waals surface area (Å²) >= 11 is 0. The topological polar surface area (TPSA) is 15.7 Å². The average Bonchev–Trinajstić information content (AvgIpc) is 2.15. The molecule has 16 heavy (non-hydrogen) atoms. The van der Waals surface area contributed by atoms with E-state index in [1.807, 2.05) is 0 Å². The van der Waals surface area contributed by atoms with Gasteiger partial charge in [0, 0.05) is 31.7 Å². The Hall–Kier alpha value is -0.120. The molecule has 2 aliphatic rings. The highest BCUT2D eigenvalue weighted by molar-refractivity contribution is 4.90. The lowest BCUT2D eigenvalue weighted by molar-refractivity contribution is -0.0869. The second kappa shape index (κ2) is 4.63. The molecule has 0 N–H and O–H groups in total. The Morgan fingerprint density at radius 3 is 2.00 bits per heavy atom. The minimum absolute atomic E-state index is 0.336. The minimum atomic E-state index is 0.336. The van der Waals surface area contributed by atoms with E-state index in [-0.39, 0.29) is 0 Å². The van der Waals surface area contributed by atoms with Crippen LogP contribution in [-0.2, 0) is 4.74 Å². The molecule has 0 unspecified atom stereocenters. The maximum atomic E-state index is 5.27. The van der Waals surface area contributed by atoms with E-state index in [1.165, 1.54) is 26.2 Å². The van der Waals surface area contributed by atoms with E-state index in [0.717, 1.165) is 13.2 Å². The van der Waals surface area contributed by atoms with Gasteiger partial charge < -0.3 is 4.74 Å². The molecule has 2 saturated heterocycles. The molecule has 2 heterocycles. The molecule has 94 valence electrons. The van der Waals surface area contributed by atoms with Crippen LogP contribution in [0.2, 0.25) is 0 Å². The van der Waals surface area contributed by atoms with Gasteiger partial charge in [-0.2, -0.15) is 0 Å². The molecular formula is C13H26N2O. The maximum absolute atomic E-state index is 5.27. The molecule has 2 rings (SSSR count). The largest absolute Gasteiger partial charge is 0.378 e. The first-order valence-corrected chi connectivity index (χ1v) is 6.58. The summed E-state index contributed by atoms with van der Waals surface area (Å²) in [6.45, 7) is 16.1. The summed E-state index contributed by atoms with van der Waals surface area (Å²) in [5, 5.41) is 0. The summed E-state index contributed by atoms with van der Waals surface area (Å²) < 4.78 is 5.27. The predicted molar refractivity (Wildman–Crippen MR) is 66.7 cm³/mol. The second-order valence-electron chi connectivity index (χ2n) is 6.02. The summed E-state index contributed by atoms with van der Waals surface area (Å²) in [5.41, 5.74) is 0.336. The van der Waals surface area contributed by atoms with Crippen LogP contribution in [0.3, 0.4) is 0 Å². The second-order valence-corrected chi connectivity index (χ2v) is 6.02. The zero-order valence-electron chi connectivity index (χ0n) is 11.2. The summed E-state index contributed by atoms with van der Waals surface area (Å²) in [4.78, 5) is 5.24. The van der Waals surface area contributed by atoms with Crippen molar-refractivity contribution in [2.75, 3.05) is 39.4 Å². The van der Waals surface area contributed by atoms with Gasteiger partial charge in [0.1, 0.15) is 0 Å². The maximum Gasteiger partial charge on any atom is 0.0645 e. The van der Waals surface area contributed by atoms with Gasteiger partial charge in [0.15, 0.2) is 0 Å². The van der Waals surface area contributed by atoms with Gasteiger partial charge >= 0.3 is 0 Å². The molecule has 0 spiro atoms. The number of hydrogen-bond donors (Lipinski definition) is 0. The molecule has 0 saturated carbocycles. The molecule has 0 bridgehead atoms. The predicted octanol–water partition coefficient (Wildman–Crippen LogP) is 1.44. The molecular weight excluding hydrogens is 200 g/mol. The van der Waals surface area contributed by atoms with E-state index in [2.05, 4.69) is 37.5 Å². The van der Waals surface area contributed by atoms with Crippen LogP contribution in [-0.4, -0.2) is 60.8 Å². The van der Waals surface area contributed by atoms with Gasteiger partial charge in [-0.15, -0.1) is 0 Å². The SMILES string of the molecule is CC(C)C(C)(C)N1CCN(C2COC2)CC1. The van der Waals surface area contributed by atoms with Crippen LogP contribution >= 0.6 is 0 Å². The van der Waals surface area contributed by atoms with Crippen LogP contribution in [0.25, 0.3) is 0 Å². The highest BCUT2D eigenvalue weighted by atomic mass is 16.5. The van der Waals surface area contributed by atoms with E-state index >= 15 is 0 Å². The summed E-state index contributed by atoms with van der Waals surface area (Å²) in [6, 6.07) is 0.712. The first kappa shape index (κ1) is 12.3. The summed E-state index contributed by atoms with van der Waals surface area (Å²) in [6.07, 6.45) is 0. The van der Waals surface area contributed by atoms with Crippen molar-refractivity contribution < 1.29 is 4.74 Å². The van der Waals surface area contributed by atoms with Gasteiger partial charge in [0.05, 0.1) is 19.3 Å².